The van der Waals surface area contributed by atoms with Crippen LogP contribution < -0.4 is 5.32 Å². The molecule has 0 saturated heterocycles. The van der Waals surface area contributed by atoms with Crippen LogP contribution in [0.4, 0.5) is 5.69 Å². The number of nitro groups is 1. The van der Waals surface area contributed by atoms with Gasteiger partial charge in [0.25, 0.3) is 11.6 Å². The van der Waals surface area contributed by atoms with Crippen molar-refractivity contribution in [3.63, 3.8) is 0 Å². The minimum absolute atomic E-state index is 0.113. The molecule has 1 rings (SSSR count). The molecular weight excluding hydrogens is 328 g/mol. The lowest BCUT2D eigenvalue weighted by molar-refractivity contribution is -0.385. The fourth-order valence-electron chi connectivity index (χ4n) is 1.68. The Balaban J connectivity index is 2.52. The number of carbonyl (C=O) groups is 1. The van der Waals surface area contributed by atoms with Crippen LogP contribution in [0.1, 0.15) is 29.6 Å². The zero-order valence-electron chi connectivity index (χ0n) is 11.2. The fraction of sp³-hybridized carbons (Fsp3) is 0.462. The summed E-state index contributed by atoms with van der Waals surface area (Å²) < 4.78 is 5.14. The summed E-state index contributed by atoms with van der Waals surface area (Å²) in [7, 11) is 1.65. The monoisotopic (exact) mass is 344 g/mol. The van der Waals surface area contributed by atoms with Gasteiger partial charge in [-0.3, -0.25) is 14.9 Å². The number of nitrogens with one attached hydrogen (secondary N) is 1. The van der Waals surface area contributed by atoms with Gasteiger partial charge >= 0.3 is 0 Å². The number of unbranched alkanes of at least 4 members (excludes halogenated alkanes) is 2. The first kappa shape index (κ1) is 16.6. The zero-order chi connectivity index (χ0) is 15.0. The third kappa shape index (κ3) is 4.90. The standard InChI is InChI=1S/C13H17BrN2O4/c1-20-9-4-2-3-8-15-13(17)10-6-5-7-11(12(10)14)16(18)19/h5-7H,2-4,8-9H2,1H3,(H,15,17). The van der Waals surface area contributed by atoms with Gasteiger partial charge in [0.2, 0.25) is 0 Å². The predicted octanol–water partition coefficient (Wildman–Crippen LogP) is 2.90. The number of halogens is 1. The van der Waals surface area contributed by atoms with Crippen molar-refractivity contribution in [2.45, 2.75) is 19.3 Å². The molecule has 0 atom stereocenters. The first-order chi connectivity index (χ1) is 9.57. The summed E-state index contributed by atoms with van der Waals surface area (Å²) in [6.45, 7) is 1.25. The second-order valence-corrected chi connectivity index (χ2v) is 5.00. The Hall–Kier alpha value is -1.47. The summed E-state index contributed by atoms with van der Waals surface area (Å²) in [5.74, 6) is -0.313. The lowest BCUT2D eigenvalue weighted by atomic mass is 10.2. The molecule has 1 N–H and O–H groups in total. The Bertz CT molecular complexity index is 479. The molecule has 1 aromatic carbocycles. The number of nitro benzene ring substituents is 1. The van der Waals surface area contributed by atoms with Crippen molar-refractivity contribution in [3.05, 3.63) is 38.3 Å². The van der Waals surface area contributed by atoms with Gasteiger partial charge in [-0.25, -0.2) is 0 Å². The molecule has 0 radical (unpaired) electrons. The van der Waals surface area contributed by atoms with Crippen LogP contribution in [-0.4, -0.2) is 31.1 Å². The maximum atomic E-state index is 11.9. The third-order valence-electron chi connectivity index (χ3n) is 2.73. The number of nitrogens with zero attached hydrogens (tertiary/aromatic N) is 1. The molecule has 0 aliphatic carbocycles. The normalized spacial score (nSPS) is 10.3. The quantitative estimate of drug-likeness (QED) is 0.446. The molecule has 0 heterocycles. The minimum atomic E-state index is -0.522. The minimum Gasteiger partial charge on any atom is -0.385 e. The van der Waals surface area contributed by atoms with Crippen LogP contribution in [0, 0.1) is 10.1 Å². The molecule has 7 heteroatoms. The van der Waals surface area contributed by atoms with Gasteiger partial charge in [0.15, 0.2) is 0 Å². The summed E-state index contributed by atoms with van der Waals surface area (Å²) >= 11 is 3.11. The molecule has 1 aromatic rings. The number of benzene rings is 1. The van der Waals surface area contributed by atoms with Crippen LogP contribution >= 0.6 is 15.9 Å². The highest BCUT2D eigenvalue weighted by Gasteiger charge is 2.18. The zero-order valence-corrected chi connectivity index (χ0v) is 12.8. The van der Waals surface area contributed by atoms with E-state index in [1.807, 2.05) is 0 Å². The van der Waals surface area contributed by atoms with Crippen LogP contribution in [-0.2, 0) is 4.74 Å². The highest BCUT2D eigenvalue weighted by molar-refractivity contribution is 9.10. The SMILES string of the molecule is COCCCCCNC(=O)c1cccc([N+](=O)[O-])c1Br. The van der Waals surface area contributed by atoms with Gasteiger partial charge in [-0.15, -0.1) is 0 Å². The molecular formula is C13H17BrN2O4. The van der Waals surface area contributed by atoms with E-state index in [4.69, 9.17) is 4.74 Å². The van der Waals surface area contributed by atoms with E-state index in [9.17, 15) is 14.9 Å². The van der Waals surface area contributed by atoms with Crippen LogP contribution in [0.15, 0.2) is 22.7 Å². The number of rotatable bonds is 8. The number of carbonyl (C=O) groups excluding carboxylic acids is 1. The van der Waals surface area contributed by atoms with Crippen LogP contribution in [0.25, 0.3) is 0 Å². The summed E-state index contributed by atoms with van der Waals surface area (Å²) in [5, 5.41) is 13.5. The summed E-state index contributed by atoms with van der Waals surface area (Å²) in [5.41, 5.74) is 0.161. The number of hydrogen-bond acceptors (Lipinski definition) is 4. The van der Waals surface area contributed by atoms with E-state index in [1.54, 1.807) is 13.2 Å². The second-order valence-electron chi connectivity index (χ2n) is 4.21. The molecule has 0 aliphatic heterocycles. The van der Waals surface area contributed by atoms with Gasteiger partial charge < -0.3 is 10.1 Å². The molecule has 6 nitrogen and oxygen atoms in total. The van der Waals surface area contributed by atoms with Gasteiger partial charge in [0.05, 0.1) is 10.5 Å². The third-order valence-corrected chi connectivity index (χ3v) is 3.56. The van der Waals surface area contributed by atoms with Crippen molar-refractivity contribution in [1.82, 2.24) is 5.32 Å². The van der Waals surface area contributed by atoms with Gasteiger partial charge in [-0.2, -0.15) is 0 Å². The molecule has 0 unspecified atom stereocenters. The Kier molecular flexibility index (Phi) is 7.17. The number of amides is 1. The van der Waals surface area contributed by atoms with Crippen molar-refractivity contribution < 1.29 is 14.5 Å². The van der Waals surface area contributed by atoms with E-state index >= 15 is 0 Å². The average Bonchev–Trinajstić information content (AvgIpc) is 2.42. The van der Waals surface area contributed by atoms with Crippen molar-refractivity contribution in [2.75, 3.05) is 20.3 Å². The van der Waals surface area contributed by atoms with E-state index in [0.29, 0.717) is 13.2 Å². The number of ether oxygens (including phenoxy) is 1. The first-order valence-electron chi connectivity index (χ1n) is 6.28. The van der Waals surface area contributed by atoms with Crippen molar-refractivity contribution in [2.24, 2.45) is 0 Å². The van der Waals surface area contributed by atoms with Crippen LogP contribution in [0.5, 0.6) is 0 Å². The van der Waals surface area contributed by atoms with Crippen molar-refractivity contribution >= 4 is 27.5 Å². The van der Waals surface area contributed by atoms with E-state index in [2.05, 4.69) is 21.2 Å². The van der Waals surface area contributed by atoms with Gasteiger partial charge in [-0.05, 0) is 41.3 Å². The molecule has 0 saturated carbocycles. The van der Waals surface area contributed by atoms with Gasteiger partial charge in [0.1, 0.15) is 4.47 Å². The van der Waals surface area contributed by atoms with Crippen molar-refractivity contribution in [3.8, 4) is 0 Å². The maximum absolute atomic E-state index is 11.9. The molecule has 0 bridgehead atoms. The van der Waals surface area contributed by atoms with E-state index in [0.717, 1.165) is 19.3 Å². The highest BCUT2D eigenvalue weighted by Crippen LogP contribution is 2.28. The predicted molar refractivity (Wildman–Crippen MR) is 78.9 cm³/mol. The maximum Gasteiger partial charge on any atom is 0.284 e. The summed E-state index contributed by atoms with van der Waals surface area (Å²) in [6, 6.07) is 4.40. The average molecular weight is 345 g/mol. The molecule has 20 heavy (non-hydrogen) atoms. The van der Waals surface area contributed by atoms with E-state index < -0.39 is 4.92 Å². The summed E-state index contributed by atoms with van der Waals surface area (Å²) in [6.07, 6.45) is 2.76. The van der Waals surface area contributed by atoms with Crippen molar-refractivity contribution in [1.29, 1.82) is 0 Å². The highest BCUT2D eigenvalue weighted by atomic mass is 79.9. The molecule has 110 valence electrons. The second kappa shape index (κ2) is 8.65. The molecule has 1 amide bonds. The van der Waals surface area contributed by atoms with E-state index in [1.165, 1.54) is 12.1 Å². The lowest BCUT2D eigenvalue weighted by Crippen LogP contribution is -2.25. The first-order valence-corrected chi connectivity index (χ1v) is 7.07. The van der Waals surface area contributed by atoms with Gasteiger partial charge in [-0.1, -0.05) is 6.07 Å². The fourth-order valence-corrected chi connectivity index (χ4v) is 2.27. The number of methoxy groups -OCH3 is 1. The molecule has 0 aliphatic rings. The number of hydrogen-bond donors (Lipinski definition) is 1. The lowest BCUT2D eigenvalue weighted by Gasteiger charge is -2.07. The Morgan fingerprint density at radius 3 is 2.80 bits per heavy atom. The van der Waals surface area contributed by atoms with Gasteiger partial charge in [0, 0.05) is 26.3 Å². The molecule has 0 fully saturated rings. The Morgan fingerprint density at radius 1 is 1.40 bits per heavy atom. The van der Waals surface area contributed by atoms with E-state index in [-0.39, 0.29) is 21.6 Å². The van der Waals surface area contributed by atoms with Crippen LogP contribution in [0.3, 0.4) is 0 Å². The topological polar surface area (TPSA) is 81.5 Å². The Labute approximate surface area is 125 Å². The molecule has 0 spiro atoms. The smallest absolute Gasteiger partial charge is 0.284 e. The Morgan fingerprint density at radius 2 is 2.15 bits per heavy atom. The largest absolute Gasteiger partial charge is 0.385 e. The summed E-state index contributed by atoms with van der Waals surface area (Å²) in [4.78, 5) is 22.2. The molecule has 0 aromatic heterocycles. The van der Waals surface area contributed by atoms with Crippen LogP contribution in [0.2, 0.25) is 0 Å².